The number of aryl methyl sites for hydroxylation is 2. The third-order valence-electron chi connectivity index (χ3n) is 4.04. The van der Waals surface area contributed by atoms with E-state index in [0.29, 0.717) is 6.54 Å². The van der Waals surface area contributed by atoms with Crippen LogP contribution in [0.2, 0.25) is 0 Å². The largest absolute Gasteiger partial charge is 0.356 e. The lowest BCUT2D eigenvalue weighted by Crippen LogP contribution is -2.22. The minimum Gasteiger partial charge on any atom is -0.356 e. The second-order valence-corrected chi connectivity index (χ2v) is 7.71. The van der Waals surface area contributed by atoms with Crippen molar-refractivity contribution >= 4 is 23.5 Å². The molecule has 0 aliphatic heterocycles. The fraction of sp³-hybridized carbons (Fsp3) is 0.333. The fourth-order valence-electron chi connectivity index (χ4n) is 2.53. The molecule has 3 nitrogen and oxygen atoms in total. The summed E-state index contributed by atoms with van der Waals surface area (Å²) in [6.45, 7) is 8.22. The number of ketones is 1. The molecule has 2 aromatic carbocycles. The molecular weight excluding hydrogens is 330 g/mol. The summed E-state index contributed by atoms with van der Waals surface area (Å²) >= 11 is 1.61. The van der Waals surface area contributed by atoms with Crippen LogP contribution in [-0.4, -0.2) is 23.5 Å². The van der Waals surface area contributed by atoms with Gasteiger partial charge in [0, 0.05) is 23.9 Å². The number of rotatable bonds is 7. The molecule has 2 aromatic rings. The van der Waals surface area contributed by atoms with E-state index in [2.05, 4.69) is 37.4 Å². The van der Waals surface area contributed by atoms with Gasteiger partial charge in [0.1, 0.15) is 0 Å². The van der Waals surface area contributed by atoms with Gasteiger partial charge in [-0.3, -0.25) is 9.59 Å². The highest BCUT2D eigenvalue weighted by atomic mass is 32.2. The van der Waals surface area contributed by atoms with Crippen LogP contribution in [0.25, 0.3) is 0 Å². The second kappa shape index (κ2) is 8.86. The molecule has 0 heterocycles. The van der Waals surface area contributed by atoms with E-state index in [-0.39, 0.29) is 16.9 Å². The van der Waals surface area contributed by atoms with Crippen molar-refractivity contribution in [2.75, 3.05) is 6.54 Å². The lowest BCUT2D eigenvalue weighted by molar-refractivity contribution is -0.118. The molecule has 0 radical (unpaired) electrons. The highest BCUT2D eigenvalue weighted by Gasteiger charge is 2.17. The first-order chi connectivity index (χ1) is 11.9. The predicted molar refractivity (Wildman–Crippen MR) is 104 cm³/mol. The third-order valence-corrected chi connectivity index (χ3v) is 5.30. The first-order valence-corrected chi connectivity index (χ1v) is 9.36. The molecule has 0 spiro atoms. The first-order valence-electron chi connectivity index (χ1n) is 8.48. The molecule has 1 unspecified atom stereocenters. The maximum Gasteiger partial charge on any atom is 0.216 e. The fourth-order valence-corrected chi connectivity index (χ4v) is 3.66. The zero-order valence-corrected chi connectivity index (χ0v) is 16.1. The van der Waals surface area contributed by atoms with Crippen molar-refractivity contribution in [3.63, 3.8) is 0 Å². The maximum absolute atomic E-state index is 12.7. The van der Waals surface area contributed by atoms with Crippen molar-refractivity contribution in [2.45, 2.75) is 44.3 Å². The van der Waals surface area contributed by atoms with Gasteiger partial charge in [0.05, 0.1) is 5.25 Å². The standard InChI is InChI=1S/C21H25NO2S/c1-14-5-6-15(2)20(13-14)25-16(3)21(24)19-9-7-18(8-10-19)11-12-22-17(4)23/h5-10,13,16H,11-12H2,1-4H3,(H,22,23). The number of nitrogens with one attached hydrogen (secondary N) is 1. The van der Waals surface area contributed by atoms with Crippen molar-refractivity contribution < 1.29 is 9.59 Å². The molecule has 1 atom stereocenters. The highest BCUT2D eigenvalue weighted by Crippen LogP contribution is 2.29. The number of benzene rings is 2. The number of Topliss-reactive ketones (excluding diaryl/α,β-unsaturated/α-hetero) is 1. The second-order valence-electron chi connectivity index (χ2n) is 6.32. The van der Waals surface area contributed by atoms with Gasteiger partial charge in [-0.2, -0.15) is 0 Å². The molecule has 0 bridgehead atoms. The summed E-state index contributed by atoms with van der Waals surface area (Å²) in [4.78, 5) is 24.7. The van der Waals surface area contributed by atoms with Crippen molar-refractivity contribution in [3.8, 4) is 0 Å². The van der Waals surface area contributed by atoms with Crippen LogP contribution in [0.1, 0.15) is 40.9 Å². The molecule has 1 N–H and O–H groups in total. The van der Waals surface area contributed by atoms with Crippen LogP contribution in [0.5, 0.6) is 0 Å². The molecule has 4 heteroatoms. The third kappa shape index (κ3) is 5.75. The molecular formula is C21H25NO2S. The van der Waals surface area contributed by atoms with Crippen LogP contribution in [0.3, 0.4) is 0 Å². The molecule has 25 heavy (non-hydrogen) atoms. The summed E-state index contributed by atoms with van der Waals surface area (Å²) in [6.07, 6.45) is 0.765. The summed E-state index contributed by atoms with van der Waals surface area (Å²) < 4.78 is 0. The number of hydrogen-bond acceptors (Lipinski definition) is 3. The lowest BCUT2D eigenvalue weighted by Gasteiger charge is -2.13. The topological polar surface area (TPSA) is 46.2 Å². The zero-order valence-electron chi connectivity index (χ0n) is 15.3. The van der Waals surface area contributed by atoms with E-state index in [0.717, 1.165) is 22.4 Å². The van der Waals surface area contributed by atoms with Gasteiger partial charge in [0.2, 0.25) is 5.91 Å². The average Bonchev–Trinajstić information content (AvgIpc) is 2.58. The number of thioether (sulfide) groups is 1. The van der Waals surface area contributed by atoms with E-state index in [1.165, 1.54) is 18.1 Å². The SMILES string of the molecule is CC(=O)NCCc1ccc(C(=O)C(C)Sc2cc(C)ccc2C)cc1. The molecule has 0 aliphatic rings. The monoisotopic (exact) mass is 355 g/mol. The van der Waals surface area contributed by atoms with Crippen LogP contribution < -0.4 is 5.32 Å². The minimum absolute atomic E-state index is 0.0240. The van der Waals surface area contributed by atoms with E-state index in [1.807, 2.05) is 31.2 Å². The molecule has 0 saturated carbocycles. The van der Waals surface area contributed by atoms with Gasteiger partial charge in [0.25, 0.3) is 0 Å². The summed E-state index contributed by atoms with van der Waals surface area (Å²) in [7, 11) is 0. The Morgan fingerprint density at radius 3 is 2.40 bits per heavy atom. The average molecular weight is 356 g/mol. The molecule has 1 amide bonds. The molecule has 132 valence electrons. The summed E-state index contributed by atoms with van der Waals surface area (Å²) in [6, 6.07) is 14.0. The maximum atomic E-state index is 12.7. The quantitative estimate of drug-likeness (QED) is 0.593. The van der Waals surface area contributed by atoms with Crippen LogP contribution in [0.4, 0.5) is 0 Å². The van der Waals surface area contributed by atoms with Crippen LogP contribution in [0.15, 0.2) is 47.4 Å². The van der Waals surface area contributed by atoms with Gasteiger partial charge in [-0.15, -0.1) is 11.8 Å². The van der Waals surface area contributed by atoms with Crippen molar-refractivity contribution in [3.05, 3.63) is 64.7 Å². The molecule has 2 rings (SSSR count). The normalized spacial score (nSPS) is 11.8. The number of amides is 1. The Balaban J connectivity index is 1.99. The highest BCUT2D eigenvalue weighted by molar-refractivity contribution is 8.00. The predicted octanol–water partition coefficient (Wildman–Crippen LogP) is 4.35. The summed E-state index contributed by atoms with van der Waals surface area (Å²) in [5.74, 6) is 0.114. The van der Waals surface area contributed by atoms with E-state index in [9.17, 15) is 9.59 Å². The van der Waals surface area contributed by atoms with Crippen LogP contribution >= 0.6 is 11.8 Å². The molecule has 0 aliphatic carbocycles. The van der Waals surface area contributed by atoms with E-state index >= 15 is 0 Å². The van der Waals surface area contributed by atoms with Gasteiger partial charge in [-0.25, -0.2) is 0 Å². The minimum atomic E-state index is -0.134. The lowest BCUT2D eigenvalue weighted by atomic mass is 10.0. The number of carbonyl (C=O) groups excluding carboxylic acids is 2. The van der Waals surface area contributed by atoms with E-state index in [1.54, 1.807) is 11.8 Å². The Morgan fingerprint density at radius 1 is 1.08 bits per heavy atom. The Bertz CT molecular complexity index is 753. The molecule has 0 fully saturated rings. The van der Waals surface area contributed by atoms with Crippen LogP contribution in [-0.2, 0) is 11.2 Å². The van der Waals surface area contributed by atoms with Crippen molar-refractivity contribution in [2.24, 2.45) is 0 Å². The molecule has 0 saturated heterocycles. The summed E-state index contributed by atoms with van der Waals surface area (Å²) in [5, 5.41) is 2.64. The zero-order chi connectivity index (χ0) is 18.4. The van der Waals surface area contributed by atoms with Gasteiger partial charge < -0.3 is 5.32 Å². The van der Waals surface area contributed by atoms with Gasteiger partial charge >= 0.3 is 0 Å². The van der Waals surface area contributed by atoms with Gasteiger partial charge in [-0.05, 0) is 44.4 Å². The molecule has 0 aromatic heterocycles. The number of carbonyl (C=O) groups is 2. The van der Waals surface area contributed by atoms with Gasteiger partial charge in [0.15, 0.2) is 5.78 Å². The Labute approximate surface area is 154 Å². The Hall–Kier alpha value is -2.07. The van der Waals surface area contributed by atoms with Crippen molar-refractivity contribution in [1.29, 1.82) is 0 Å². The van der Waals surface area contributed by atoms with E-state index in [4.69, 9.17) is 0 Å². The van der Waals surface area contributed by atoms with Gasteiger partial charge in [-0.1, -0.05) is 42.0 Å². The Kier molecular flexibility index (Phi) is 6.82. The van der Waals surface area contributed by atoms with Crippen molar-refractivity contribution in [1.82, 2.24) is 5.32 Å². The van der Waals surface area contributed by atoms with E-state index < -0.39 is 0 Å². The number of hydrogen-bond donors (Lipinski definition) is 1. The van der Waals surface area contributed by atoms with Crippen LogP contribution in [0, 0.1) is 13.8 Å². The Morgan fingerprint density at radius 2 is 1.76 bits per heavy atom. The first kappa shape index (κ1) is 19.3. The smallest absolute Gasteiger partial charge is 0.216 e. The summed E-state index contributed by atoms with van der Waals surface area (Å²) in [5.41, 5.74) is 4.24.